The van der Waals surface area contributed by atoms with E-state index < -0.39 is 0 Å². The van der Waals surface area contributed by atoms with Crippen molar-refractivity contribution in [2.75, 3.05) is 0 Å². The van der Waals surface area contributed by atoms with Gasteiger partial charge < -0.3 is 9.97 Å². The fraction of sp³-hybridized carbons (Fsp3) is 0. The summed E-state index contributed by atoms with van der Waals surface area (Å²) in [7, 11) is 0. The van der Waals surface area contributed by atoms with Gasteiger partial charge in [-0.1, -0.05) is 30.1 Å². The summed E-state index contributed by atoms with van der Waals surface area (Å²) in [4.78, 5) is 12.9. The van der Waals surface area contributed by atoms with Gasteiger partial charge in [-0.2, -0.15) is 0 Å². The zero-order valence-electron chi connectivity index (χ0n) is 7.96. The zero-order valence-corrected chi connectivity index (χ0v) is 7.96. The van der Waals surface area contributed by atoms with Gasteiger partial charge in [0, 0.05) is 12.4 Å². The normalized spacial score (nSPS) is 10.7. The predicted molar refractivity (Wildman–Crippen MR) is 58.3 cm³/mol. The molecule has 0 radical (unpaired) electrons. The monoisotopic (exact) mass is 194 g/mol. The van der Waals surface area contributed by atoms with Crippen molar-refractivity contribution >= 4 is 11.0 Å². The van der Waals surface area contributed by atoms with E-state index in [1.54, 1.807) is 12.4 Å². The molecular formula is C12H8N3-. The van der Waals surface area contributed by atoms with Crippen molar-refractivity contribution in [3.8, 4) is 11.4 Å². The summed E-state index contributed by atoms with van der Waals surface area (Å²) in [5.41, 5.74) is 2.87. The lowest BCUT2D eigenvalue weighted by molar-refractivity contribution is 1.27. The topological polar surface area (TPSA) is 39.9 Å². The molecule has 0 aliphatic heterocycles. The highest BCUT2D eigenvalue weighted by Gasteiger charge is 1.93. The van der Waals surface area contributed by atoms with Gasteiger partial charge in [-0.25, -0.2) is 0 Å². The van der Waals surface area contributed by atoms with Crippen molar-refractivity contribution in [3.63, 3.8) is 0 Å². The van der Waals surface area contributed by atoms with Gasteiger partial charge in [0.1, 0.15) is 0 Å². The Hall–Kier alpha value is -2.16. The number of fused-ring (bicyclic) bond motifs is 1. The highest BCUT2D eigenvalue weighted by molar-refractivity contribution is 5.78. The minimum absolute atomic E-state index is 0.763. The van der Waals surface area contributed by atoms with Crippen LogP contribution in [0.1, 0.15) is 0 Å². The summed E-state index contributed by atoms with van der Waals surface area (Å²) in [6.07, 6.45) is 3.49. The zero-order chi connectivity index (χ0) is 10.1. The Morgan fingerprint density at radius 2 is 1.73 bits per heavy atom. The molecule has 15 heavy (non-hydrogen) atoms. The van der Waals surface area contributed by atoms with E-state index in [-0.39, 0.29) is 0 Å². The smallest absolute Gasteiger partial charge is 0.0273 e. The first-order valence-corrected chi connectivity index (χ1v) is 4.73. The Morgan fingerprint density at radius 1 is 0.933 bits per heavy atom. The Labute approximate surface area is 86.8 Å². The van der Waals surface area contributed by atoms with E-state index in [2.05, 4.69) is 15.0 Å². The van der Waals surface area contributed by atoms with Crippen molar-refractivity contribution in [2.24, 2.45) is 0 Å². The minimum Gasteiger partial charge on any atom is -0.435 e. The highest BCUT2D eigenvalue weighted by Crippen LogP contribution is 2.17. The minimum atomic E-state index is 0.763. The fourth-order valence-corrected chi connectivity index (χ4v) is 1.54. The molecular weight excluding hydrogens is 186 g/mol. The SMILES string of the molecule is c1ccc2[n-]c(-c3ccncc3)nc2c1. The number of hydrogen-bond acceptors (Lipinski definition) is 2. The molecule has 0 saturated heterocycles. The number of hydrogen-bond donors (Lipinski definition) is 0. The van der Waals surface area contributed by atoms with Crippen molar-refractivity contribution in [1.29, 1.82) is 0 Å². The van der Waals surface area contributed by atoms with Crippen LogP contribution in [0.15, 0.2) is 48.8 Å². The van der Waals surface area contributed by atoms with E-state index >= 15 is 0 Å². The molecule has 0 atom stereocenters. The van der Waals surface area contributed by atoms with E-state index in [4.69, 9.17) is 0 Å². The number of para-hydroxylation sites is 2. The summed E-state index contributed by atoms with van der Waals surface area (Å²) in [6, 6.07) is 11.7. The van der Waals surface area contributed by atoms with Crippen molar-refractivity contribution in [1.82, 2.24) is 15.0 Å². The van der Waals surface area contributed by atoms with E-state index in [1.807, 2.05) is 36.4 Å². The Balaban J connectivity index is 2.21. The molecule has 0 aliphatic carbocycles. The molecule has 2 heterocycles. The number of benzene rings is 1. The average molecular weight is 194 g/mol. The second kappa shape index (κ2) is 3.20. The van der Waals surface area contributed by atoms with Gasteiger partial charge in [0.2, 0.25) is 0 Å². The highest BCUT2D eigenvalue weighted by atomic mass is 14.9. The summed E-state index contributed by atoms with van der Waals surface area (Å²) in [6.45, 7) is 0. The van der Waals surface area contributed by atoms with Crippen LogP contribution in [0.25, 0.3) is 22.4 Å². The molecule has 3 rings (SSSR count). The Morgan fingerprint density at radius 3 is 2.53 bits per heavy atom. The lowest BCUT2D eigenvalue weighted by Gasteiger charge is -2.01. The van der Waals surface area contributed by atoms with Crippen molar-refractivity contribution in [3.05, 3.63) is 48.8 Å². The van der Waals surface area contributed by atoms with E-state index in [1.165, 1.54) is 0 Å². The third-order valence-electron chi connectivity index (χ3n) is 2.27. The van der Waals surface area contributed by atoms with Gasteiger partial charge in [0.15, 0.2) is 0 Å². The molecule has 72 valence electrons. The van der Waals surface area contributed by atoms with Gasteiger partial charge in [-0.15, -0.1) is 0 Å². The first-order valence-electron chi connectivity index (χ1n) is 4.73. The third-order valence-corrected chi connectivity index (χ3v) is 2.27. The van der Waals surface area contributed by atoms with Crippen LogP contribution in [0, 0.1) is 0 Å². The fourth-order valence-electron chi connectivity index (χ4n) is 1.54. The summed E-state index contributed by atoms with van der Waals surface area (Å²) < 4.78 is 0. The maximum Gasteiger partial charge on any atom is 0.0273 e. The average Bonchev–Trinajstić information content (AvgIpc) is 2.74. The quantitative estimate of drug-likeness (QED) is 0.596. The van der Waals surface area contributed by atoms with E-state index in [0.29, 0.717) is 0 Å². The van der Waals surface area contributed by atoms with Crippen LogP contribution in [-0.4, -0.2) is 9.97 Å². The van der Waals surface area contributed by atoms with Gasteiger partial charge in [0.05, 0.1) is 0 Å². The van der Waals surface area contributed by atoms with Crippen LogP contribution in [0.2, 0.25) is 0 Å². The van der Waals surface area contributed by atoms with Crippen molar-refractivity contribution < 1.29 is 0 Å². The molecule has 0 amide bonds. The number of aromatic nitrogens is 3. The lowest BCUT2D eigenvalue weighted by atomic mass is 10.3. The van der Waals surface area contributed by atoms with E-state index in [9.17, 15) is 0 Å². The summed E-state index contributed by atoms with van der Waals surface area (Å²) in [5.74, 6) is 0.763. The van der Waals surface area contributed by atoms with Crippen molar-refractivity contribution in [2.45, 2.75) is 0 Å². The van der Waals surface area contributed by atoms with Crippen LogP contribution in [0.3, 0.4) is 0 Å². The molecule has 0 fully saturated rings. The molecule has 3 aromatic rings. The number of imidazole rings is 1. The molecule has 1 aromatic carbocycles. The molecule has 0 unspecified atom stereocenters. The maximum absolute atomic E-state index is 4.44. The van der Waals surface area contributed by atoms with E-state index in [0.717, 1.165) is 22.4 Å². The molecule has 3 nitrogen and oxygen atoms in total. The van der Waals surface area contributed by atoms with Gasteiger partial charge in [-0.05, 0) is 28.7 Å². The molecule has 0 bridgehead atoms. The second-order valence-corrected chi connectivity index (χ2v) is 3.27. The molecule has 3 heteroatoms. The van der Waals surface area contributed by atoms with Gasteiger partial charge in [-0.3, -0.25) is 4.98 Å². The maximum atomic E-state index is 4.44. The van der Waals surface area contributed by atoms with Crippen LogP contribution in [0.4, 0.5) is 0 Å². The van der Waals surface area contributed by atoms with Crippen LogP contribution < -0.4 is 4.98 Å². The standard InChI is InChI=1S/C12H8N3/c1-2-4-11-10(3-1)14-12(15-11)9-5-7-13-8-6-9/h1-8H/q-1. The number of rotatable bonds is 1. The van der Waals surface area contributed by atoms with Crippen LogP contribution >= 0.6 is 0 Å². The molecule has 0 N–H and O–H groups in total. The molecule has 2 aromatic heterocycles. The molecule has 0 spiro atoms. The lowest BCUT2D eigenvalue weighted by Crippen LogP contribution is -1.81. The molecule has 0 saturated carbocycles. The first kappa shape index (κ1) is 8.17. The summed E-state index contributed by atoms with van der Waals surface area (Å²) >= 11 is 0. The third kappa shape index (κ3) is 1.38. The van der Waals surface area contributed by atoms with Crippen LogP contribution in [-0.2, 0) is 0 Å². The predicted octanol–water partition coefficient (Wildman–Crippen LogP) is 2.25. The van der Waals surface area contributed by atoms with Crippen LogP contribution in [0.5, 0.6) is 0 Å². The van der Waals surface area contributed by atoms with Gasteiger partial charge >= 0.3 is 0 Å². The number of nitrogens with zero attached hydrogens (tertiary/aromatic N) is 3. The second-order valence-electron chi connectivity index (χ2n) is 3.27. The summed E-state index contributed by atoms with van der Waals surface area (Å²) in [5, 5.41) is 0. The number of pyridine rings is 1. The van der Waals surface area contributed by atoms with Gasteiger partial charge in [0.25, 0.3) is 0 Å². The largest absolute Gasteiger partial charge is 0.435 e. The Bertz CT molecular complexity index is 551. The first-order chi connectivity index (χ1) is 7.43. The molecule has 0 aliphatic rings. The Kier molecular flexibility index (Phi) is 1.75.